The van der Waals surface area contributed by atoms with Crippen LogP contribution in [0.25, 0.3) is 0 Å². The number of carbonyl (C=O) groups is 1. The Hall–Kier alpha value is -1.35. The zero-order chi connectivity index (χ0) is 11.4. The summed E-state index contributed by atoms with van der Waals surface area (Å²) >= 11 is 0. The Morgan fingerprint density at radius 3 is 2.27 bits per heavy atom. The van der Waals surface area contributed by atoms with Crippen LogP contribution in [0.4, 0.5) is 0 Å². The summed E-state index contributed by atoms with van der Waals surface area (Å²) in [5.74, 6) is 0.364. The van der Waals surface area contributed by atoms with Crippen LogP contribution in [0.1, 0.15) is 12.5 Å². The minimum absolute atomic E-state index is 0.230. The molecular weight excluding hydrogens is 190 g/mol. The minimum Gasteiger partial charge on any atom is -0.425 e. The van der Waals surface area contributed by atoms with Crippen molar-refractivity contribution in [1.82, 2.24) is 4.90 Å². The van der Waals surface area contributed by atoms with Gasteiger partial charge < -0.3 is 4.74 Å². The fourth-order valence-corrected chi connectivity index (χ4v) is 1.02. The molecule has 1 aromatic carbocycles. The molecule has 0 bridgehead atoms. The van der Waals surface area contributed by atoms with Gasteiger partial charge in [-0.25, -0.2) is 4.79 Å². The summed E-state index contributed by atoms with van der Waals surface area (Å²) in [4.78, 5) is 13.4. The van der Waals surface area contributed by atoms with Crippen molar-refractivity contribution >= 4 is 5.97 Å². The van der Waals surface area contributed by atoms with Crippen LogP contribution in [0.3, 0.4) is 0 Å². The molecule has 0 unspecified atom stereocenters. The fraction of sp³-hybridized carbons (Fsp3) is 0.417. The molecule has 1 atom stereocenters. The van der Waals surface area contributed by atoms with Gasteiger partial charge in [0.1, 0.15) is 11.8 Å². The molecule has 0 aliphatic heterocycles. The summed E-state index contributed by atoms with van der Waals surface area (Å²) < 4.78 is 5.21. The number of hydrogen-bond donors (Lipinski definition) is 0. The Morgan fingerprint density at radius 1 is 1.27 bits per heavy atom. The Morgan fingerprint density at radius 2 is 1.80 bits per heavy atom. The van der Waals surface area contributed by atoms with Crippen LogP contribution in [-0.2, 0) is 4.79 Å². The second kappa shape index (κ2) is 4.94. The number of ether oxygens (including phenoxy) is 1. The molecule has 1 rings (SSSR count). The fourth-order valence-electron chi connectivity index (χ4n) is 1.02. The Labute approximate surface area is 90.7 Å². The molecule has 0 fully saturated rings. The van der Waals surface area contributed by atoms with Crippen LogP contribution in [0, 0.1) is 6.92 Å². The van der Waals surface area contributed by atoms with Gasteiger partial charge >= 0.3 is 5.97 Å². The highest BCUT2D eigenvalue weighted by Crippen LogP contribution is 2.12. The Balaban J connectivity index is 2.62. The highest BCUT2D eigenvalue weighted by Gasteiger charge is 2.16. The number of carbonyl (C=O) groups excluding carboxylic acids is 1. The number of rotatable bonds is 3. The van der Waals surface area contributed by atoms with E-state index in [1.54, 1.807) is 12.1 Å². The molecule has 0 radical (unpaired) electrons. The predicted molar refractivity (Wildman–Crippen MR) is 60.0 cm³/mol. The lowest BCUT2D eigenvalue weighted by Gasteiger charge is -2.17. The molecule has 0 spiro atoms. The summed E-state index contributed by atoms with van der Waals surface area (Å²) in [7, 11) is 3.70. The van der Waals surface area contributed by atoms with Gasteiger partial charge in [-0.05, 0) is 40.1 Å². The van der Waals surface area contributed by atoms with Crippen LogP contribution in [0.5, 0.6) is 5.75 Å². The molecule has 0 aliphatic carbocycles. The number of aryl methyl sites for hydroxylation is 1. The standard InChI is InChI=1S/C12H17NO2/c1-9-5-7-11(8-6-9)15-12(14)10(2)13(3)4/h5-8,10H,1-4H3/t10-/m0/s1. The second-order valence-corrected chi connectivity index (χ2v) is 3.87. The quantitative estimate of drug-likeness (QED) is 0.559. The lowest BCUT2D eigenvalue weighted by molar-refractivity contribution is -0.138. The van der Waals surface area contributed by atoms with Gasteiger partial charge in [0.25, 0.3) is 0 Å². The van der Waals surface area contributed by atoms with Crippen molar-refractivity contribution in [3.8, 4) is 5.75 Å². The summed E-state index contributed by atoms with van der Waals surface area (Å²) in [6, 6.07) is 7.21. The molecule has 82 valence electrons. The normalized spacial score (nSPS) is 12.6. The first-order chi connectivity index (χ1) is 7.00. The lowest BCUT2D eigenvalue weighted by atomic mass is 10.2. The minimum atomic E-state index is -0.233. The topological polar surface area (TPSA) is 29.5 Å². The maximum atomic E-state index is 11.6. The number of hydrogen-bond acceptors (Lipinski definition) is 3. The third-order valence-electron chi connectivity index (χ3n) is 2.36. The highest BCUT2D eigenvalue weighted by atomic mass is 16.5. The van der Waals surface area contributed by atoms with Crippen molar-refractivity contribution in [3.63, 3.8) is 0 Å². The molecule has 0 amide bonds. The van der Waals surface area contributed by atoms with Gasteiger partial charge in [-0.15, -0.1) is 0 Å². The number of esters is 1. The number of likely N-dealkylation sites (N-methyl/N-ethyl adjacent to an activating group) is 1. The smallest absolute Gasteiger partial charge is 0.328 e. The van der Waals surface area contributed by atoms with Gasteiger partial charge in [-0.2, -0.15) is 0 Å². The van der Waals surface area contributed by atoms with Gasteiger partial charge in [-0.1, -0.05) is 17.7 Å². The largest absolute Gasteiger partial charge is 0.425 e. The Bertz CT molecular complexity index is 330. The first-order valence-electron chi connectivity index (χ1n) is 4.95. The average Bonchev–Trinajstić information content (AvgIpc) is 2.20. The first kappa shape index (κ1) is 11.7. The van der Waals surface area contributed by atoms with E-state index < -0.39 is 0 Å². The van der Waals surface area contributed by atoms with Crippen molar-refractivity contribution in [2.45, 2.75) is 19.9 Å². The zero-order valence-electron chi connectivity index (χ0n) is 9.65. The third-order valence-corrected chi connectivity index (χ3v) is 2.36. The molecule has 3 heteroatoms. The maximum Gasteiger partial charge on any atom is 0.328 e. The van der Waals surface area contributed by atoms with E-state index in [4.69, 9.17) is 4.74 Å². The molecule has 0 saturated heterocycles. The van der Waals surface area contributed by atoms with Gasteiger partial charge in [-0.3, -0.25) is 4.90 Å². The monoisotopic (exact) mass is 207 g/mol. The van der Waals surface area contributed by atoms with E-state index in [1.807, 2.05) is 45.0 Å². The van der Waals surface area contributed by atoms with E-state index in [0.717, 1.165) is 5.56 Å². The molecule has 0 saturated carbocycles. The van der Waals surface area contributed by atoms with E-state index in [1.165, 1.54) is 0 Å². The summed E-state index contributed by atoms with van der Waals surface area (Å²) in [5, 5.41) is 0. The third kappa shape index (κ3) is 3.36. The van der Waals surface area contributed by atoms with Crippen molar-refractivity contribution in [2.24, 2.45) is 0 Å². The number of benzene rings is 1. The molecule has 3 nitrogen and oxygen atoms in total. The summed E-state index contributed by atoms with van der Waals surface area (Å²) in [6.45, 7) is 3.81. The SMILES string of the molecule is Cc1ccc(OC(=O)[C@H](C)N(C)C)cc1. The van der Waals surface area contributed by atoms with Crippen LogP contribution < -0.4 is 4.74 Å². The van der Waals surface area contributed by atoms with Crippen molar-refractivity contribution < 1.29 is 9.53 Å². The van der Waals surface area contributed by atoms with E-state index in [0.29, 0.717) is 5.75 Å². The molecule has 0 heterocycles. The molecule has 0 aromatic heterocycles. The highest BCUT2D eigenvalue weighted by molar-refractivity contribution is 5.77. The summed E-state index contributed by atoms with van der Waals surface area (Å²) in [5.41, 5.74) is 1.15. The van der Waals surface area contributed by atoms with Gasteiger partial charge in [0.15, 0.2) is 0 Å². The Kier molecular flexibility index (Phi) is 3.86. The molecular formula is C12H17NO2. The van der Waals surface area contributed by atoms with Gasteiger partial charge in [0, 0.05) is 0 Å². The first-order valence-corrected chi connectivity index (χ1v) is 4.95. The second-order valence-electron chi connectivity index (χ2n) is 3.87. The van der Waals surface area contributed by atoms with E-state index in [2.05, 4.69) is 0 Å². The van der Waals surface area contributed by atoms with Crippen molar-refractivity contribution in [2.75, 3.05) is 14.1 Å². The van der Waals surface area contributed by atoms with Crippen LogP contribution >= 0.6 is 0 Å². The van der Waals surface area contributed by atoms with Crippen LogP contribution in [-0.4, -0.2) is 31.0 Å². The summed E-state index contributed by atoms with van der Waals surface area (Å²) in [6.07, 6.45) is 0. The van der Waals surface area contributed by atoms with E-state index >= 15 is 0 Å². The molecule has 15 heavy (non-hydrogen) atoms. The van der Waals surface area contributed by atoms with Crippen molar-refractivity contribution in [1.29, 1.82) is 0 Å². The molecule has 0 aliphatic rings. The van der Waals surface area contributed by atoms with Crippen LogP contribution in [0.2, 0.25) is 0 Å². The van der Waals surface area contributed by atoms with Crippen LogP contribution in [0.15, 0.2) is 24.3 Å². The molecule has 1 aromatic rings. The average molecular weight is 207 g/mol. The zero-order valence-corrected chi connectivity index (χ0v) is 9.65. The molecule has 0 N–H and O–H groups in total. The van der Waals surface area contributed by atoms with Crippen molar-refractivity contribution in [3.05, 3.63) is 29.8 Å². The maximum absolute atomic E-state index is 11.6. The van der Waals surface area contributed by atoms with E-state index in [9.17, 15) is 4.79 Å². The lowest BCUT2D eigenvalue weighted by Crippen LogP contribution is -2.35. The number of nitrogens with zero attached hydrogens (tertiary/aromatic N) is 1. The van der Waals surface area contributed by atoms with Gasteiger partial charge in [0.05, 0.1) is 0 Å². The van der Waals surface area contributed by atoms with E-state index in [-0.39, 0.29) is 12.0 Å². The van der Waals surface area contributed by atoms with Gasteiger partial charge in [0.2, 0.25) is 0 Å². The predicted octanol–water partition coefficient (Wildman–Crippen LogP) is 1.85.